The third-order valence-corrected chi connectivity index (χ3v) is 3.92. The number of amides is 2. The zero-order chi connectivity index (χ0) is 19.8. The van der Waals surface area contributed by atoms with E-state index < -0.39 is 11.9 Å². The van der Waals surface area contributed by atoms with Crippen molar-refractivity contribution >= 4 is 23.5 Å². The van der Waals surface area contributed by atoms with Gasteiger partial charge in [0, 0.05) is 24.3 Å². The fourth-order valence-electron chi connectivity index (χ4n) is 2.46. The van der Waals surface area contributed by atoms with Crippen molar-refractivity contribution in [3.63, 3.8) is 0 Å². The van der Waals surface area contributed by atoms with Crippen molar-refractivity contribution in [3.8, 4) is 5.75 Å². The van der Waals surface area contributed by atoms with Crippen molar-refractivity contribution in [1.29, 1.82) is 0 Å². The van der Waals surface area contributed by atoms with Crippen LogP contribution in [-0.4, -0.2) is 47.5 Å². The van der Waals surface area contributed by atoms with Gasteiger partial charge in [-0.25, -0.2) is 4.79 Å². The van der Waals surface area contributed by atoms with Crippen molar-refractivity contribution in [2.75, 3.05) is 25.0 Å². The lowest BCUT2D eigenvalue weighted by Gasteiger charge is -2.18. The highest BCUT2D eigenvalue weighted by Gasteiger charge is 2.12. The third-order valence-electron chi connectivity index (χ3n) is 3.92. The Hall–Kier alpha value is -3.35. The van der Waals surface area contributed by atoms with Crippen molar-refractivity contribution in [1.82, 2.24) is 4.90 Å². The van der Waals surface area contributed by atoms with E-state index in [9.17, 15) is 14.4 Å². The number of nitrogens with one attached hydrogen (secondary N) is 1. The van der Waals surface area contributed by atoms with E-state index >= 15 is 0 Å². The standard InChI is InChI=1S/C20H22N2O5/c1-3-22(4-2)19(24)14-8-10-17(11-9-14)27-13-18(23)21-16-7-5-6-15(12-16)20(25)26/h5-12H,3-4,13H2,1-2H3,(H,21,23)(H,25,26). The van der Waals surface area contributed by atoms with E-state index in [1.165, 1.54) is 12.1 Å². The minimum absolute atomic E-state index is 0.0531. The van der Waals surface area contributed by atoms with Crippen LogP contribution in [0.3, 0.4) is 0 Å². The van der Waals surface area contributed by atoms with Crippen LogP contribution >= 0.6 is 0 Å². The molecule has 0 heterocycles. The number of carbonyl (C=O) groups excluding carboxylic acids is 2. The lowest BCUT2D eigenvalue weighted by Crippen LogP contribution is -2.30. The highest BCUT2D eigenvalue weighted by atomic mass is 16.5. The summed E-state index contributed by atoms with van der Waals surface area (Å²) in [7, 11) is 0. The molecular weight excluding hydrogens is 348 g/mol. The Labute approximate surface area is 157 Å². The van der Waals surface area contributed by atoms with Gasteiger partial charge in [0.05, 0.1) is 5.56 Å². The van der Waals surface area contributed by atoms with Crippen LogP contribution in [0.15, 0.2) is 48.5 Å². The lowest BCUT2D eigenvalue weighted by molar-refractivity contribution is -0.118. The molecule has 0 radical (unpaired) electrons. The average molecular weight is 370 g/mol. The van der Waals surface area contributed by atoms with Gasteiger partial charge in [-0.05, 0) is 56.3 Å². The fourth-order valence-corrected chi connectivity index (χ4v) is 2.46. The molecule has 0 fully saturated rings. The summed E-state index contributed by atoms with van der Waals surface area (Å²) >= 11 is 0. The largest absolute Gasteiger partial charge is 0.484 e. The van der Waals surface area contributed by atoms with Gasteiger partial charge in [-0.1, -0.05) is 6.07 Å². The molecule has 0 unspecified atom stereocenters. The molecule has 2 amide bonds. The molecule has 2 rings (SSSR count). The van der Waals surface area contributed by atoms with Gasteiger partial charge in [0.15, 0.2) is 6.61 Å². The molecule has 0 atom stereocenters. The molecule has 2 aromatic rings. The van der Waals surface area contributed by atoms with Crippen LogP contribution in [0.25, 0.3) is 0 Å². The summed E-state index contributed by atoms with van der Waals surface area (Å²) in [4.78, 5) is 36.9. The first-order valence-corrected chi connectivity index (χ1v) is 8.60. The number of anilines is 1. The Balaban J connectivity index is 1.91. The first kappa shape index (κ1) is 20.0. The minimum Gasteiger partial charge on any atom is -0.484 e. The number of hydrogen-bond acceptors (Lipinski definition) is 4. The summed E-state index contributed by atoms with van der Waals surface area (Å²) in [6.07, 6.45) is 0. The molecule has 0 saturated heterocycles. The SMILES string of the molecule is CCN(CC)C(=O)c1ccc(OCC(=O)Nc2cccc(C(=O)O)c2)cc1. The number of carboxylic acids is 1. The van der Waals surface area contributed by atoms with Gasteiger partial charge >= 0.3 is 5.97 Å². The molecule has 7 heteroatoms. The maximum Gasteiger partial charge on any atom is 0.335 e. The Kier molecular flexibility index (Phi) is 6.93. The smallest absolute Gasteiger partial charge is 0.335 e. The molecule has 142 valence electrons. The van der Waals surface area contributed by atoms with Crippen LogP contribution < -0.4 is 10.1 Å². The van der Waals surface area contributed by atoms with Gasteiger partial charge in [0.1, 0.15) is 5.75 Å². The molecular formula is C20H22N2O5. The van der Waals surface area contributed by atoms with E-state index in [0.29, 0.717) is 30.1 Å². The molecule has 0 spiro atoms. The Morgan fingerprint density at radius 2 is 1.67 bits per heavy atom. The van der Waals surface area contributed by atoms with Crippen LogP contribution in [-0.2, 0) is 4.79 Å². The van der Waals surface area contributed by atoms with E-state index in [0.717, 1.165) is 0 Å². The molecule has 0 bridgehead atoms. The van der Waals surface area contributed by atoms with E-state index in [1.807, 2.05) is 13.8 Å². The first-order chi connectivity index (χ1) is 12.9. The van der Waals surface area contributed by atoms with Crippen LogP contribution in [0.2, 0.25) is 0 Å². The zero-order valence-corrected chi connectivity index (χ0v) is 15.3. The topological polar surface area (TPSA) is 95.9 Å². The van der Waals surface area contributed by atoms with Crippen LogP contribution in [0.4, 0.5) is 5.69 Å². The van der Waals surface area contributed by atoms with E-state index in [-0.39, 0.29) is 18.1 Å². The van der Waals surface area contributed by atoms with E-state index in [2.05, 4.69) is 5.32 Å². The van der Waals surface area contributed by atoms with Gasteiger partial charge in [-0.15, -0.1) is 0 Å². The molecule has 0 aromatic heterocycles. The highest BCUT2D eigenvalue weighted by molar-refractivity contribution is 5.95. The quantitative estimate of drug-likeness (QED) is 0.745. The molecule has 2 N–H and O–H groups in total. The van der Waals surface area contributed by atoms with Crippen molar-refractivity contribution in [3.05, 3.63) is 59.7 Å². The molecule has 27 heavy (non-hydrogen) atoms. The minimum atomic E-state index is -1.07. The normalized spacial score (nSPS) is 10.1. The number of hydrogen-bond donors (Lipinski definition) is 2. The van der Waals surface area contributed by atoms with E-state index in [1.54, 1.807) is 41.3 Å². The summed E-state index contributed by atoms with van der Waals surface area (Å²) < 4.78 is 5.41. The van der Waals surface area contributed by atoms with Crippen LogP contribution in [0.1, 0.15) is 34.6 Å². The number of rotatable bonds is 8. The monoisotopic (exact) mass is 370 g/mol. The van der Waals surface area contributed by atoms with Gasteiger partial charge < -0.3 is 20.1 Å². The van der Waals surface area contributed by atoms with Crippen LogP contribution in [0, 0.1) is 0 Å². The van der Waals surface area contributed by atoms with Crippen molar-refractivity contribution < 1.29 is 24.2 Å². The molecule has 2 aromatic carbocycles. The average Bonchev–Trinajstić information content (AvgIpc) is 2.68. The number of carbonyl (C=O) groups is 3. The molecule has 0 aliphatic rings. The summed E-state index contributed by atoms with van der Waals surface area (Å²) in [5.41, 5.74) is 1.02. The summed E-state index contributed by atoms with van der Waals surface area (Å²) in [5, 5.41) is 11.5. The van der Waals surface area contributed by atoms with Gasteiger partial charge in [0.25, 0.3) is 11.8 Å². The third kappa shape index (κ3) is 5.57. The molecule has 0 saturated carbocycles. The number of aromatic carboxylic acids is 1. The maximum absolute atomic E-state index is 12.2. The number of benzene rings is 2. The van der Waals surface area contributed by atoms with Crippen molar-refractivity contribution in [2.24, 2.45) is 0 Å². The Bertz CT molecular complexity index is 813. The highest BCUT2D eigenvalue weighted by Crippen LogP contribution is 2.15. The number of ether oxygens (including phenoxy) is 1. The Morgan fingerprint density at radius 3 is 2.26 bits per heavy atom. The first-order valence-electron chi connectivity index (χ1n) is 8.60. The zero-order valence-electron chi connectivity index (χ0n) is 15.3. The second-order valence-corrected chi connectivity index (χ2v) is 5.72. The predicted molar refractivity (Wildman–Crippen MR) is 101 cm³/mol. The molecule has 0 aliphatic heterocycles. The second-order valence-electron chi connectivity index (χ2n) is 5.72. The predicted octanol–water partition coefficient (Wildman–Crippen LogP) is 2.88. The van der Waals surface area contributed by atoms with Gasteiger partial charge in [0.2, 0.25) is 0 Å². The molecule has 0 aliphatic carbocycles. The summed E-state index contributed by atoms with van der Waals surface area (Å²) in [6, 6.07) is 12.5. The summed E-state index contributed by atoms with van der Waals surface area (Å²) in [5.74, 6) is -1.08. The Morgan fingerprint density at radius 1 is 1.00 bits per heavy atom. The maximum atomic E-state index is 12.2. The molecule has 7 nitrogen and oxygen atoms in total. The summed E-state index contributed by atoms with van der Waals surface area (Å²) in [6.45, 7) is 4.88. The van der Waals surface area contributed by atoms with Crippen LogP contribution in [0.5, 0.6) is 5.75 Å². The fraction of sp³-hybridized carbons (Fsp3) is 0.250. The van der Waals surface area contributed by atoms with Crippen molar-refractivity contribution in [2.45, 2.75) is 13.8 Å². The number of nitrogens with zero attached hydrogens (tertiary/aromatic N) is 1. The second kappa shape index (κ2) is 9.38. The lowest BCUT2D eigenvalue weighted by atomic mass is 10.2. The number of carboxylic acid groups (broad SMARTS) is 1. The van der Waals surface area contributed by atoms with Gasteiger partial charge in [-0.2, -0.15) is 0 Å². The van der Waals surface area contributed by atoms with Gasteiger partial charge in [-0.3, -0.25) is 9.59 Å². The van der Waals surface area contributed by atoms with E-state index in [4.69, 9.17) is 9.84 Å².